The number of nitrogens with zero attached hydrogens (tertiary/aromatic N) is 1. The average Bonchev–Trinajstić information content (AvgIpc) is 2.57. The maximum absolute atomic E-state index is 3.55. The molecule has 2 aliphatic heterocycles. The molecule has 1 saturated heterocycles. The second kappa shape index (κ2) is 3.52. The van der Waals surface area contributed by atoms with Crippen LogP contribution < -0.4 is 5.32 Å². The Kier molecular flexibility index (Phi) is 2.40. The third kappa shape index (κ3) is 1.51. The van der Waals surface area contributed by atoms with Gasteiger partial charge >= 0.3 is 0 Å². The largest absolute Gasteiger partial charge is 0.386 e. The maximum atomic E-state index is 3.55. The number of likely N-dealkylation sites (tertiary alicyclic amines) is 1. The lowest BCUT2D eigenvalue weighted by molar-refractivity contribution is 0.435. The van der Waals surface area contributed by atoms with E-state index in [1.165, 1.54) is 36.1 Å². The lowest BCUT2D eigenvalue weighted by atomic mass is 10.3. The van der Waals surface area contributed by atoms with Crippen molar-refractivity contribution in [3.05, 3.63) is 22.5 Å². The van der Waals surface area contributed by atoms with Crippen molar-refractivity contribution in [3.63, 3.8) is 0 Å². The summed E-state index contributed by atoms with van der Waals surface area (Å²) in [6.07, 6.45) is 6.96. The fraction of sp³-hybridized carbons (Fsp3) is 0.556. The molecule has 2 heterocycles. The Labute approximate surface area is 81.4 Å². The van der Waals surface area contributed by atoms with E-state index in [1.54, 1.807) is 0 Å². The monoisotopic (exact) mass is 228 g/mol. The van der Waals surface area contributed by atoms with E-state index in [9.17, 15) is 0 Å². The molecule has 2 aliphatic rings. The number of halogens is 1. The minimum Gasteiger partial charge on any atom is -0.386 e. The molecule has 2 rings (SSSR count). The molecule has 0 amide bonds. The molecule has 0 bridgehead atoms. The predicted molar refractivity (Wildman–Crippen MR) is 53.9 cm³/mol. The summed E-state index contributed by atoms with van der Waals surface area (Å²) in [6, 6.07) is 0. The first-order chi connectivity index (χ1) is 5.88. The van der Waals surface area contributed by atoms with Crippen molar-refractivity contribution < 1.29 is 0 Å². The normalized spacial score (nSPS) is 23.2. The summed E-state index contributed by atoms with van der Waals surface area (Å²) in [7, 11) is 0. The van der Waals surface area contributed by atoms with Crippen LogP contribution in [0.4, 0.5) is 0 Å². The predicted octanol–water partition coefficient (Wildman–Crippen LogP) is 1.81. The quantitative estimate of drug-likeness (QED) is 0.737. The van der Waals surface area contributed by atoms with Crippen LogP contribution in [0.3, 0.4) is 0 Å². The highest BCUT2D eigenvalue weighted by Crippen LogP contribution is 2.25. The summed E-state index contributed by atoms with van der Waals surface area (Å²) >= 11 is 3.55. The van der Waals surface area contributed by atoms with E-state index in [0.717, 1.165) is 6.54 Å². The molecule has 0 aliphatic carbocycles. The van der Waals surface area contributed by atoms with Gasteiger partial charge in [0.25, 0.3) is 0 Å². The summed E-state index contributed by atoms with van der Waals surface area (Å²) in [5, 5.41) is 3.18. The second-order valence-electron chi connectivity index (χ2n) is 3.18. The first-order valence-electron chi connectivity index (χ1n) is 4.42. The Hall–Kier alpha value is -0.440. The van der Waals surface area contributed by atoms with Gasteiger partial charge in [-0.25, -0.2) is 0 Å². The Bertz CT molecular complexity index is 227. The molecule has 0 aromatic carbocycles. The van der Waals surface area contributed by atoms with Crippen molar-refractivity contribution in [2.75, 3.05) is 19.6 Å². The Morgan fingerprint density at radius 3 is 2.75 bits per heavy atom. The zero-order chi connectivity index (χ0) is 8.39. The molecule has 3 heteroatoms. The highest BCUT2D eigenvalue weighted by molar-refractivity contribution is 9.11. The van der Waals surface area contributed by atoms with Crippen molar-refractivity contribution >= 4 is 15.9 Å². The van der Waals surface area contributed by atoms with Crippen molar-refractivity contribution in [1.29, 1.82) is 0 Å². The van der Waals surface area contributed by atoms with Crippen molar-refractivity contribution in [1.82, 2.24) is 10.2 Å². The van der Waals surface area contributed by atoms with Crippen molar-refractivity contribution in [2.24, 2.45) is 0 Å². The smallest absolute Gasteiger partial charge is 0.0563 e. The van der Waals surface area contributed by atoms with E-state index >= 15 is 0 Å². The minimum absolute atomic E-state index is 0.959. The molecule has 0 radical (unpaired) electrons. The van der Waals surface area contributed by atoms with E-state index in [4.69, 9.17) is 0 Å². The Balaban J connectivity index is 2.10. The van der Waals surface area contributed by atoms with Gasteiger partial charge in [0.05, 0.1) is 10.2 Å². The van der Waals surface area contributed by atoms with Crippen LogP contribution in [0, 0.1) is 0 Å². The standard InChI is InChI=1S/C9H13BrN2/c10-8-7-11-4-3-9(8)12-5-1-2-6-12/h3,7,11H,1-2,4-6H2. The molecule has 0 spiro atoms. The summed E-state index contributed by atoms with van der Waals surface area (Å²) in [4.78, 5) is 2.45. The molecule has 0 aromatic heterocycles. The first-order valence-corrected chi connectivity index (χ1v) is 5.22. The number of hydrogen-bond acceptors (Lipinski definition) is 2. The number of rotatable bonds is 1. The molecule has 2 nitrogen and oxygen atoms in total. The van der Waals surface area contributed by atoms with Crippen LogP contribution >= 0.6 is 15.9 Å². The van der Waals surface area contributed by atoms with Crippen LogP contribution in [0.5, 0.6) is 0 Å². The first kappa shape index (κ1) is 8.17. The third-order valence-corrected chi connectivity index (χ3v) is 2.97. The zero-order valence-corrected chi connectivity index (χ0v) is 8.60. The summed E-state index contributed by atoms with van der Waals surface area (Å²) in [5.74, 6) is 0. The molecule has 12 heavy (non-hydrogen) atoms. The molecule has 66 valence electrons. The number of nitrogens with one attached hydrogen (secondary N) is 1. The van der Waals surface area contributed by atoms with Crippen LogP contribution in [0.25, 0.3) is 0 Å². The summed E-state index contributed by atoms with van der Waals surface area (Å²) in [5.41, 5.74) is 1.37. The van der Waals surface area contributed by atoms with Gasteiger partial charge in [-0.2, -0.15) is 0 Å². The van der Waals surface area contributed by atoms with Crippen LogP contribution in [0.15, 0.2) is 22.5 Å². The zero-order valence-electron chi connectivity index (χ0n) is 7.02. The number of allylic oxidation sites excluding steroid dienone is 1. The molecule has 0 atom stereocenters. The van der Waals surface area contributed by atoms with Crippen LogP contribution in [0.1, 0.15) is 12.8 Å². The fourth-order valence-electron chi connectivity index (χ4n) is 1.71. The van der Waals surface area contributed by atoms with E-state index in [1.807, 2.05) is 6.20 Å². The molecule has 1 fully saturated rings. The minimum atomic E-state index is 0.959. The van der Waals surface area contributed by atoms with Crippen molar-refractivity contribution in [2.45, 2.75) is 12.8 Å². The summed E-state index contributed by atoms with van der Waals surface area (Å²) in [6.45, 7) is 3.39. The maximum Gasteiger partial charge on any atom is 0.0563 e. The summed E-state index contributed by atoms with van der Waals surface area (Å²) < 4.78 is 1.19. The molecule has 0 saturated carbocycles. The van der Waals surface area contributed by atoms with E-state index in [0.29, 0.717) is 0 Å². The molecule has 0 unspecified atom stereocenters. The van der Waals surface area contributed by atoms with Gasteiger partial charge in [0, 0.05) is 25.8 Å². The van der Waals surface area contributed by atoms with Crippen LogP contribution in [0.2, 0.25) is 0 Å². The van der Waals surface area contributed by atoms with E-state index in [-0.39, 0.29) is 0 Å². The van der Waals surface area contributed by atoms with Gasteiger partial charge in [0.1, 0.15) is 0 Å². The molecule has 1 N–H and O–H groups in total. The van der Waals surface area contributed by atoms with Gasteiger partial charge in [-0.05, 0) is 34.8 Å². The van der Waals surface area contributed by atoms with Crippen molar-refractivity contribution in [3.8, 4) is 0 Å². The van der Waals surface area contributed by atoms with Crippen LogP contribution in [-0.4, -0.2) is 24.5 Å². The van der Waals surface area contributed by atoms with Gasteiger partial charge in [0.15, 0.2) is 0 Å². The van der Waals surface area contributed by atoms with Gasteiger partial charge < -0.3 is 10.2 Å². The van der Waals surface area contributed by atoms with Gasteiger partial charge in [-0.1, -0.05) is 0 Å². The molecular weight excluding hydrogens is 216 g/mol. The topological polar surface area (TPSA) is 15.3 Å². The highest BCUT2D eigenvalue weighted by Gasteiger charge is 2.17. The van der Waals surface area contributed by atoms with E-state index in [2.05, 4.69) is 32.2 Å². The molecule has 0 aromatic rings. The second-order valence-corrected chi connectivity index (χ2v) is 4.04. The Morgan fingerprint density at radius 1 is 1.33 bits per heavy atom. The average molecular weight is 229 g/mol. The SMILES string of the molecule is BrC1=CNCC=C1N1CCCC1. The van der Waals surface area contributed by atoms with Gasteiger partial charge in [0.2, 0.25) is 0 Å². The number of dihydropyridines is 1. The van der Waals surface area contributed by atoms with Gasteiger partial charge in [-0.15, -0.1) is 0 Å². The van der Waals surface area contributed by atoms with Gasteiger partial charge in [-0.3, -0.25) is 0 Å². The number of hydrogen-bond donors (Lipinski definition) is 1. The third-order valence-electron chi connectivity index (χ3n) is 2.33. The lowest BCUT2D eigenvalue weighted by Gasteiger charge is -2.23. The van der Waals surface area contributed by atoms with Crippen LogP contribution in [-0.2, 0) is 0 Å². The fourth-order valence-corrected chi connectivity index (χ4v) is 2.29. The molecular formula is C9H13BrN2. The highest BCUT2D eigenvalue weighted by atomic mass is 79.9. The van der Waals surface area contributed by atoms with E-state index < -0.39 is 0 Å². The Morgan fingerprint density at radius 2 is 2.08 bits per heavy atom. The lowest BCUT2D eigenvalue weighted by Crippen LogP contribution is -2.23.